The normalized spacial score (nSPS) is 29.8. The number of alkyl halides is 1. The fourth-order valence-electron chi connectivity index (χ4n) is 5.17. The summed E-state index contributed by atoms with van der Waals surface area (Å²) in [4.78, 5) is 13.0. The van der Waals surface area contributed by atoms with Gasteiger partial charge in [-0.3, -0.25) is 9.97 Å². The van der Waals surface area contributed by atoms with Gasteiger partial charge in [0, 0.05) is 41.0 Å². The molecule has 4 heterocycles. The summed E-state index contributed by atoms with van der Waals surface area (Å²) in [5.74, 6) is -0.187. The zero-order valence-electron chi connectivity index (χ0n) is 17.7. The highest BCUT2D eigenvalue weighted by Crippen LogP contribution is 2.49. The predicted molar refractivity (Wildman–Crippen MR) is 117 cm³/mol. The van der Waals surface area contributed by atoms with Gasteiger partial charge in [-0.15, -0.1) is 0 Å². The highest BCUT2D eigenvalue weighted by molar-refractivity contribution is 5.70. The first-order valence-corrected chi connectivity index (χ1v) is 10.5. The second-order valence-electron chi connectivity index (χ2n) is 9.30. The third kappa shape index (κ3) is 3.33. The fourth-order valence-corrected chi connectivity index (χ4v) is 5.17. The summed E-state index contributed by atoms with van der Waals surface area (Å²) in [5, 5.41) is 14.0. The number of halogens is 1. The zero-order valence-corrected chi connectivity index (χ0v) is 17.7. The molecule has 0 aliphatic carbocycles. The van der Waals surface area contributed by atoms with Gasteiger partial charge in [-0.1, -0.05) is 6.58 Å². The molecule has 2 fully saturated rings. The Kier molecular flexibility index (Phi) is 4.48. The molecule has 0 spiro atoms. The van der Waals surface area contributed by atoms with Crippen molar-refractivity contribution >= 4 is 5.57 Å². The Balaban J connectivity index is 1.39. The third-order valence-corrected chi connectivity index (χ3v) is 6.90. The van der Waals surface area contributed by atoms with Gasteiger partial charge in [0.05, 0.1) is 35.8 Å². The van der Waals surface area contributed by atoms with E-state index in [2.05, 4.69) is 33.8 Å². The van der Waals surface area contributed by atoms with E-state index in [1.165, 1.54) is 0 Å². The van der Waals surface area contributed by atoms with Gasteiger partial charge >= 0.3 is 0 Å². The van der Waals surface area contributed by atoms with Crippen molar-refractivity contribution in [2.45, 2.75) is 50.4 Å². The second kappa shape index (κ2) is 6.99. The van der Waals surface area contributed by atoms with Crippen LogP contribution in [0.25, 0.3) is 22.5 Å². The average molecular weight is 420 g/mol. The minimum Gasteiger partial charge on any atom is -0.507 e. The Morgan fingerprint density at radius 1 is 1.26 bits per heavy atom. The van der Waals surface area contributed by atoms with Gasteiger partial charge in [0.2, 0.25) is 0 Å². The summed E-state index contributed by atoms with van der Waals surface area (Å²) in [7, 11) is 0. The minimum absolute atomic E-state index is 0.0684. The lowest BCUT2D eigenvalue weighted by Gasteiger charge is -2.45. The predicted octanol–water partition coefficient (Wildman–Crippen LogP) is 4.31. The van der Waals surface area contributed by atoms with Crippen molar-refractivity contribution in [3.63, 3.8) is 0 Å². The molecule has 7 heteroatoms. The molecule has 2 aliphatic rings. The molecule has 2 aromatic heterocycles. The number of allylic oxidation sites excluding steroid dienone is 1. The average Bonchev–Trinajstić information content (AvgIpc) is 3.38. The van der Waals surface area contributed by atoms with Gasteiger partial charge < -0.3 is 15.0 Å². The number of benzene rings is 1. The Bertz CT molecular complexity index is 1130. The van der Waals surface area contributed by atoms with Crippen LogP contribution in [0.2, 0.25) is 0 Å². The maximum absolute atomic E-state index is 15.4. The maximum atomic E-state index is 15.4. The van der Waals surface area contributed by atoms with Gasteiger partial charge in [0.1, 0.15) is 11.9 Å². The van der Waals surface area contributed by atoms with Crippen LogP contribution in [-0.2, 0) is 0 Å². The largest absolute Gasteiger partial charge is 0.507 e. The number of rotatable bonds is 4. The Morgan fingerprint density at radius 2 is 2.10 bits per heavy atom. The van der Waals surface area contributed by atoms with E-state index in [4.69, 9.17) is 0 Å². The van der Waals surface area contributed by atoms with E-state index in [9.17, 15) is 5.11 Å². The van der Waals surface area contributed by atoms with Crippen LogP contribution in [0.3, 0.4) is 0 Å². The van der Waals surface area contributed by atoms with Crippen LogP contribution in [-0.4, -0.2) is 41.9 Å². The lowest BCUT2D eigenvalue weighted by atomic mass is 9.75. The van der Waals surface area contributed by atoms with Crippen LogP contribution >= 0.6 is 0 Å². The van der Waals surface area contributed by atoms with E-state index in [0.717, 1.165) is 18.5 Å². The molecule has 6 nitrogen and oxygen atoms in total. The molecular formula is C24H26FN5O. The summed E-state index contributed by atoms with van der Waals surface area (Å²) in [5.41, 5.74) is 2.63. The zero-order chi connectivity index (χ0) is 21.8. The van der Waals surface area contributed by atoms with E-state index in [1.54, 1.807) is 43.2 Å². The van der Waals surface area contributed by atoms with Crippen LogP contribution in [0.15, 0.2) is 55.9 Å². The number of phenolic OH excluding ortho intramolecular Hbond substituents is 1. The quantitative estimate of drug-likeness (QED) is 0.659. The molecular weight excluding hydrogens is 393 g/mol. The number of nitrogens with zero attached hydrogens (tertiary/aromatic N) is 4. The van der Waals surface area contributed by atoms with Crippen molar-refractivity contribution in [1.29, 1.82) is 0 Å². The molecule has 5 rings (SSSR count). The molecule has 0 amide bonds. The summed E-state index contributed by atoms with van der Waals surface area (Å²) in [6.45, 7) is 8.32. The number of hydrogen-bond donors (Lipinski definition) is 2. The van der Waals surface area contributed by atoms with Gasteiger partial charge in [-0.25, -0.2) is 9.37 Å². The minimum atomic E-state index is -1.02. The number of phenols is 1. The van der Waals surface area contributed by atoms with Crippen LogP contribution in [0.5, 0.6) is 5.75 Å². The maximum Gasteiger partial charge on any atom is 0.127 e. The third-order valence-electron chi connectivity index (χ3n) is 6.90. The molecule has 31 heavy (non-hydrogen) atoms. The van der Waals surface area contributed by atoms with E-state index in [1.807, 2.05) is 17.6 Å². The molecule has 160 valence electrons. The van der Waals surface area contributed by atoms with Crippen molar-refractivity contribution in [2.24, 2.45) is 5.92 Å². The SMILES string of the molecule is C=C(c1cnc(-c2ccc(-n3ccnc3)cc2O)cn1)[C@@H]1C[C@@]2(C)CC[C@](C)(N2)[C@@H]1F. The lowest BCUT2D eigenvalue weighted by molar-refractivity contribution is 0.0770. The Morgan fingerprint density at radius 3 is 2.77 bits per heavy atom. The van der Waals surface area contributed by atoms with Gasteiger partial charge in [-0.2, -0.15) is 0 Å². The highest BCUT2D eigenvalue weighted by atomic mass is 19.1. The molecule has 0 radical (unpaired) electrons. The topological polar surface area (TPSA) is 75.9 Å². The van der Waals surface area contributed by atoms with Crippen LogP contribution in [0.1, 0.15) is 38.8 Å². The fraction of sp³-hybridized carbons (Fsp3) is 0.375. The summed E-state index contributed by atoms with van der Waals surface area (Å²) in [6.07, 6.45) is 9.86. The summed E-state index contributed by atoms with van der Waals surface area (Å²) in [6, 6.07) is 5.34. The van der Waals surface area contributed by atoms with Crippen molar-refractivity contribution < 1.29 is 9.50 Å². The molecule has 4 atom stereocenters. The summed E-state index contributed by atoms with van der Waals surface area (Å²) >= 11 is 0. The molecule has 0 unspecified atom stereocenters. The van der Waals surface area contributed by atoms with Crippen molar-refractivity contribution in [3.8, 4) is 22.7 Å². The van der Waals surface area contributed by atoms with Crippen LogP contribution in [0.4, 0.5) is 4.39 Å². The van der Waals surface area contributed by atoms with E-state index in [0.29, 0.717) is 28.9 Å². The van der Waals surface area contributed by atoms with E-state index < -0.39 is 11.7 Å². The number of piperidine rings is 1. The number of aromatic nitrogens is 4. The standard InChI is InChI=1S/C24H26FN5O/c1-15(18-11-23(2)6-7-24(3,29-23)22(18)25)19-12-28-20(13-27-19)17-5-4-16(10-21(17)31)30-9-8-26-14-30/h4-5,8-10,12-14,18,22,29,31H,1,6-7,11H2,2-3H3/t18-,22+,23+,24-/m0/s1. The van der Waals surface area contributed by atoms with E-state index in [-0.39, 0.29) is 17.2 Å². The number of hydrogen-bond acceptors (Lipinski definition) is 5. The number of aromatic hydroxyl groups is 1. The Labute approximate surface area is 180 Å². The second-order valence-corrected chi connectivity index (χ2v) is 9.30. The molecule has 1 aromatic carbocycles. The van der Waals surface area contributed by atoms with Crippen LogP contribution < -0.4 is 5.32 Å². The van der Waals surface area contributed by atoms with Crippen molar-refractivity contribution in [1.82, 2.24) is 24.8 Å². The molecule has 2 bridgehead atoms. The lowest BCUT2D eigenvalue weighted by Crippen LogP contribution is -2.60. The first-order chi connectivity index (χ1) is 14.8. The highest BCUT2D eigenvalue weighted by Gasteiger charge is 2.55. The van der Waals surface area contributed by atoms with Gasteiger partial charge in [0.25, 0.3) is 0 Å². The molecule has 2 saturated heterocycles. The number of fused-ring (bicyclic) bond motifs is 2. The molecule has 2 aliphatic heterocycles. The molecule has 3 aromatic rings. The van der Waals surface area contributed by atoms with Gasteiger partial charge in [-0.05, 0) is 50.8 Å². The van der Waals surface area contributed by atoms with Crippen LogP contribution in [0, 0.1) is 5.92 Å². The molecule has 2 N–H and O–H groups in total. The smallest absolute Gasteiger partial charge is 0.127 e. The first-order valence-electron chi connectivity index (χ1n) is 10.5. The monoisotopic (exact) mass is 419 g/mol. The Hall–Kier alpha value is -3.06. The van der Waals surface area contributed by atoms with Crippen molar-refractivity contribution in [3.05, 3.63) is 61.6 Å². The molecule has 0 saturated carbocycles. The first kappa shape index (κ1) is 19.9. The van der Waals surface area contributed by atoms with Crippen molar-refractivity contribution in [2.75, 3.05) is 0 Å². The van der Waals surface area contributed by atoms with Gasteiger partial charge in [0.15, 0.2) is 0 Å². The van der Waals surface area contributed by atoms with E-state index >= 15 is 4.39 Å². The number of nitrogens with one attached hydrogen (secondary N) is 1. The summed E-state index contributed by atoms with van der Waals surface area (Å²) < 4.78 is 17.2. The number of imidazole rings is 1.